The van der Waals surface area contributed by atoms with Crippen molar-refractivity contribution in [3.8, 4) is 0 Å². The molecule has 1 saturated heterocycles. The van der Waals surface area contributed by atoms with E-state index >= 15 is 0 Å². The van der Waals surface area contributed by atoms with Gasteiger partial charge in [0.2, 0.25) is 0 Å². The Kier molecular flexibility index (Phi) is 4.85. The average molecular weight is 315 g/mol. The van der Waals surface area contributed by atoms with Gasteiger partial charge in [-0.1, -0.05) is 55.7 Å². The summed E-state index contributed by atoms with van der Waals surface area (Å²) in [6.45, 7) is 17.6. The van der Waals surface area contributed by atoms with E-state index in [1.165, 1.54) is 30.7 Å². The van der Waals surface area contributed by atoms with Gasteiger partial charge in [-0.25, -0.2) is 0 Å². The molecule has 0 bridgehead atoms. The standard InChI is InChI=1S/C21H34N2/c1-14-9-16(3)20(17(4)10-14)22-7-8-23(13-22)21-18(5)11-15(2)12-19(21)6/h9-11,15-16,19-21H,7-8,12-13H2,1-6H3/t15-,16?,19?,20+,21+/m0/s1. The van der Waals surface area contributed by atoms with E-state index in [1.54, 1.807) is 5.57 Å². The van der Waals surface area contributed by atoms with Gasteiger partial charge in [0.1, 0.15) is 0 Å². The highest BCUT2D eigenvalue weighted by Crippen LogP contribution is 2.35. The molecule has 0 spiro atoms. The molecular weight excluding hydrogens is 280 g/mol. The van der Waals surface area contributed by atoms with Crippen LogP contribution in [0.5, 0.6) is 0 Å². The Bertz CT molecular complexity index is 534. The van der Waals surface area contributed by atoms with Crippen molar-refractivity contribution in [3.63, 3.8) is 0 Å². The summed E-state index contributed by atoms with van der Waals surface area (Å²) in [4.78, 5) is 5.44. The number of nitrogens with zero attached hydrogens (tertiary/aromatic N) is 2. The molecule has 1 fully saturated rings. The van der Waals surface area contributed by atoms with Crippen molar-refractivity contribution in [1.82, 2.24) is 9.80 Å². The van der Waals surface area contributed by atoms with Gasteiger partial charge in [-0.05, 0) is 44.9 Å². The SMILES string of the molecule is CC1=CC(C)[C@@H](N2CCN([C@@H]3C(C)=C[C@H](C)CC3C)C2)C(C)=C1. The summed E-state index contributed by atoms with van der Waals surface area (Å²) in [5.74, 6) is 2.15. The second-order valence-corrected chi connectivity index (χ2v) is 8.41. The highest BCUT2D eigenvalue weighted by molar-refractivity contribution is 5.31. The van der Waals surface area contributed by atoms with Crippen molar-refractivity contribution in [2.45, 2.75) is 60.0 Å². The van der Waals surface area contributed by atoms with Crippen molar-refractivity contribution >= 4 is 0 Å². The summed E-state index contributed by atoms with van der Waals surface area (Å²) in [7, 11) is 0. The second-order valence-electron chi connectivity index (χ2n) is 8.41. The molecule has 23 heavy (non-hydrogen) atoms. The summed E-state index contributed by atoms with van der Waals surface area (Å²) in [5.41, 5.74) is 4.56. The van der Waals surface area contributed by atoms with E-state index in [1.807, 2.05) is 0 Å². The lowest BCUT2D eigenvalue weighted by atomic mass is 9.80. The van der Waals surface area contributed by atoms with Crippen LogP contribution in [0.4, 0.5) is 0 Å². The fraction of sp³-hybridized carbons (Fsp3) is 0.714. The molecule has 0 aromatic carbocycles. The van der Waals surface area contributed by atoms with Crippen molar-refractivity contribution < 1.29 is 0 Å². The van der Waals surface area contributed by atoms with Gasteiger partial charge in [0.15, 0.2) is 0 Å². The minimum absolute atomic E-state index is 0.589. The molecule has 128 valence electrons. The molecule has 2 heteroatoms. The molecule has 2 aliphatic carbocycles. The zero-order valence-electron chi connectivity index (χ0n) is 15.8. The molecule has 5 atom stereocenters. The molecule has 0 saturated carbocycles. The molecule has 3 aliphatic rings. The van der Waals surface area contributed by atoms with E-state index in [4.69, 9.17) is 0 Å². The van der Waals surface area contributed by atoms with Gasteiger partial charge < -0.3 is 0 Å². The lowest BCUT2D eigenvalue weighted by Gasteiger charge is -2.39. The molecule has 1 aliphatic heterocycles. The summed E-state index contributed by atoms with van der Waals surface area (Å²) in [5, 5.41) is 0. The van der Waals surface area contributed by atoms with Crippen LogP contribution in [-0.2, 0) is 0 Å². The third-order valence-electron chi connectivity index (χ3n) is 6.07. The minimum atomic E-state index is 0.589. The van der Waals surface area contributed by atoms with Gasteiger partial charge in [0.05, 0.1) is 6.67 Å². The Morgan fingerprint density at radius 3 is 2.13 bits per heavy atom. The first kappa shape index (κ1) is 17.0. The molecule has 0 aromatic rings. The maximum Gasteiger partial charge on any atom is 0.0518 e. The van der Waals surface area contributed by atoms with Crippen LogP contribution in [0.15, 0.2) is 34.9 Å². The Morgan fingerprint density at radius 1 is 0.870 bits per heavy atom. The van der Waals surface area contributed by atoms with Crippen molar-refractivity contribution in [2.75, 3.05) is 19.8 Å². The zero-order chi connectivity index (χ0) is 16.7. The summed E-state index contributed by atoms with van der Waals surface area (Å²) in [6.07, 6.45) is 8.66. The zero-order valence-corrected chi connectivity index (χ0v) is 15.8. The third kappa shape index (κ3) is 3.34. The first-order valence-electron chi connectivity index (χ1n) is 9.40. The second kappa shape index (κ2) is 6.57. The van der Waals surface area contributed by atoms with Crippen molar-refractivity contribution in [1.29, 1.82) is 0 Å². The van der Waals surface area contributed by atoms with Crippen LogP contribution in [-0.4, -0.2) is 41.6 Å². The van der Waals surface area contributed by atoms with Crippen molar-refractivity contribution in [3.05, 3.63) is 34.9 Å². The van der Waals surface area contributed by atoms with Crippen LogP contribution in [0.2, 0.25) is 0 Å². The molecule has 0 amide bonds. The Hall–Kier alpha value is -0.860. The first-order chi connectivity index (χ1) is 10.9. The van der Waals surface area contributed by atoms with E-state index in [0.717, 1.165) is 18.5 Å². The Labute approximate surface area is 142 Å². The maximum atomic E-state index is 2.73. The smallest absolute Gasteiger partial charge is 0.0518 e. The van der Waals surface area contributed by atoms with E-state index < -0.39 is 0 Å². The van der Waals surface area contributed by atoms with Crippen LogP contribution < -0.4 is 0 Å². The fourth-order valence-corrected chi connectivity index (χ4v) is 5.55. The lowest BCUT2D eigenvalue weighted by molar-refractivity contribution is 0.134. The van der Waals surface area contributed by atoms with Gasteiger partial charge in [0.25, 0.3) is 0 Å². The topological polar surface area (TPSA) is 6.48 Å². The lowest BCUT2D eigenvalue weighted by Crippen LogP contribution is -2.45. The summed E-state index contributed by atoms with van der Waals surface area (Å²) < 4.78 is 0. The maximum absolute atomic E-state index is 2.73. The molecule has 0 radical (unpaired) electrons. The Balaban J connectivity index is 1.72. The monoisotopic (exact) mass is 314 g/mol. The Morgan fingerprint density at radius 2 is 1.52 bits per heavy atom. The highest BCUT2D eigenvalue weighted by atomic mass is 15.4. The number of hydrogen-bond donors (Lipinski definition) is 0. The van der Waals surface area contributed by atoms with Gasteiger partial charge in [-0.2, -0.15) is 0 Å². The molecule has 2 unspecified atom stereocenters. The van der Waals surface area contributed by atoms with Crippen LogP contribution in [0.25, 0.3) is 0 Å². The summed E-state index contributed by atoms with van der Waals surface area (Å²) >= 11 is 0. The van der Waals surface area contributed by atoms with E-state index in [0.29, 0.717) is 18.0 Å². The van der Waals surface area contributed by atoms with Crippen molar-refractivity contribution in [2.24, 2.45) is 17.8 Å². The molecule has 0 aromatic heterocycles. The molecular formula is C21H34N2. The fourth-order valence-electron chi connectivity index (χ4n) is 5.55. The van der Waals surface area contributed by atoms with Crippen LogP contribution in [0.3, 0.4) is 0 Å². The quantitative estimate of drug-likeness (QED) is 0.694. The average Bonchev–Trinajstić information content (AvgIpc) is 2.85. The molecule has 1 heterocycles. The van der Waals surface area contributed by atoms with Gasteiger partial charge >= 0.3 is 0 Å². The van der Waals surface area contributed by atoms with Crippen LogP contribution in [0.1, 0.15) is 48.0 Å². The van der Waals surface area contributed by atoms with Crippen LogP contribution in [0, 0.1) is 17.8 Å². The molecule has 0 N–H and O–H groups in total. The predicted octanol–water partition coefficient (Wildman–Crippen LogP) is 4.46. The normalized spacial score (nSPS) is 39.9. The highest BCUT2D eigenvalue weighted by Gasteiger charge is 2.37. The van der Waals surface area contributed by atoms with E-state index in [9.17, 15) is 0 Å². The van der Waals surface area contributed by atoms with E-state index in [-0.39, 0.29) is 0 Å². The van der Waals surface area contributed by atoms with Gasteiger partial charge in [-0.3, -0.25) is 9.80 Å². The van der Waals surface area contributed by atoms with E-state index in [2.05, 4.69) is 69.6 Å². The van der Waals surface area contributed by atoms with Gasteiger partial charge in [-0.15, -0.1) is 0 Å². The van der Waals surface area contributed by atoms with Gasteiger partial charge in [0, 0.05) is 25.2 Å². The summed E-state index contributed by atoms with van der Waals surface area (Å²) in [6, 6.07) is 1.24. The number of rotatable bonds is 2. The largest absolute Gasteiger partial charge is 0.282 e. The number of allylic oxidation sites excluding steroid dienone is 3. The minimum Gasteiger partial charge on any atom is -0.282 e. The molecule has 3 rings (SSSR count). The third-order valence-corrected chi connectivity index (χ3v) is 6.07. The number of hydrogen-bond acceptors (Lipinski definition) is 2. The molecule has 2 nitrogen and oxygen atoms in total. The predicted molar refractivity (Wildman–Crippen MR) is 99.2 cm³/mol. The van der Waals surface area contributed by atoms with Crippen LogP contribution >= 0.6 is 0 Å². The first-order valence-corrected chi connectivity index (χ1v) is 9.40.